The van der Waals surface area contributed by atoms with Crippen LogP contribution in [0.15, 0.2) is 42.9 Å². The standard InChI is InChI=1S/C20H28N4O/c1-16-5-3-11-23(13-16)14-17(2)22-20(25)19-6-4-12-24(19)15-18-7-9-21-10-8-18/h4,6-10,12,16-17H,3,5,11,13-15H2,1-2H3,(H,22,25). The van der Waals surface area contributed by atoms with E-state index in [1.165, 1.54) is 12.8 Å². The number of aromatic nitrogens is 2. The number of pyridine rings is 1. The third kappa shape index (κ3) is 4.92. The predicted octanol–water partition coefficient (Wildman–Crippen LogP) is 2.78. The fourth-order valence-electron chi connectivity index (χ4n) is 3.63. The van der Waals surface area contributed by atoms with Crippen molar-refractivity contribution in [3.63, 3.8) is 0 Å². The number of rotatable bonds is 6. The molecule has 1 amide bonds. The normalized spacial score (nSPS) is 19.5. The van der Waals surface area contributed by atoms with E-state index >= 15 is 0 Å². The molecule has 25 heavy (non-hydrogen) atoms. The number of nitrogens with one attached hydrogen (secondary N) is 1. The number of hydrogen-bond acceptors (Lipinski definition) is 3. The summed E-state index contributed by atoms with van der Waals surface area (Å²) < 4.78 is 1.99. The first-order chi connectivity index (χ1) is 12.1. The van der Waals surface area contributed by atoms with Gasteiger partial charge in [-0.25, -0.2) is 0 Å². The zero-order valence-electron chi connectivity index (χ0n) is 15.2. The number of hydrogen-bond donors (Lipinski definition) is 1. The molecule has 3 heterocycles. The Morgan fingerprint density at radius 1 is 1.36 bits per heavy atom. The van der Waals surface area contributed by atoms with E-state index < -0.39 is 0 Å². The maximum Gasteiger partial charge on any atom is 0.268 e. The maximum absolute atomic E-state index is 12.7. The lowest BCUT2D eigenvalue weighted by Crippen LogP contribution is -2.45. The second kappa shape index (κ2) is 8.30. The van der Waals surface area contributed by atoms with E-state index in [1.54, 1.807) is 12.4 Å². The summed E-state index contributed by atoms with van der Waals surface area (Å²) in [7, 11) is 0. The molecule has 0 radical (unpaired) electrons. The summed E-state index contributed by atoms with van der Waals surface area (Å²) >= 11 is 0. The minimum absolute atomic E-state index is 0.00314. The van der Waals surface area contributed by atoms with Crippen LogP contribution in [0.2, 0.25) is 0 Å². The van der Waals surface area contributed by atoms with Crippen molar-refractivity contribution in [2.24, 2.45) is 5.92 Å². The molecule has 5 heteroatoms. The van der Waals surface area contributed by atoms with Crippen molar-refractivity contribution in [2.45, 2.75) is 39.3 Å². The number of amides is 1. The topological polar surface area (TPSA) is 50.2 Å². The van der Waals surface area contributed by atoms with Crippen LogP contribution in [0.5, 0.6) is 0 Å². The van der Waals surface area contributed by atoms with E-state index in [0.29, 0.717) is 12.2 Å². The van der Waals surface area contributed by atoms with Gasteiger partial charge in [-0.1, -0.05) is 6.92 Å². The minimum atomic E-state index is -0.00314. The molecule has 134 valence electrons. The van der Waals surface area contributed by atoms with Gasteiger partial charge in [0.2, 0.25) is 0 Å². The quantitative estimate of drug-likeness (QED) is 0.880. The number of nitrogens with zero attached hydrogens (tertiary/aromatic N) is 3. The molecular formula is C20H28N4O. The van der Waals surface area contributed by atoms with Gasteiger partial charge in [0.05, 0.1) is 0 Å². The minimum Gasteiger partial charge on any atom is -0.347 e. The van der Waals surface area contributed by atoms with Crippen molar-refractivity contribution in [1.82, 2.24) is 19.8 Å². The van der Waals surface area contributed by atoms with E-state index in [4.69, 9.17) is 0 Å². The molecular weight excluding hydrogens is 312 g/mol. The van der Waals surface area contributed by atoms with Gasteiger partial charge in [-0.05, 0) is 62.1 Å². The first-order valence-corrected chi connectivity index (χ1v) is 9.19. The Morgan fingerprint density at radius 2 is 2.16 bits per heavy atom. The van der Waals surface area contributed by atoms with Gasteiger partial charge in [0.25, 0.3) is 5.91 Å². The fourth-order valence-corrected chi connectivity index (χ4v) is 3.63. The number of likely N-dealkylation sites (tertiary alicyclic amines) is 1. The summed E-state index contributed by atoms with van der Waals surface area (Å²) in [4.78, 5) is 19.2. The van der Waals surface area contributed by atoms with Gasteiger partial charge in [0, 0.05) is 44.3 Å². The second-order valence-corrected chi connectivity index (χ2v) is 7.26. The molecule has 0 saturated carbocycles. The molecule has 1 N–H and O–H groups in total. The van der Waals surface area contributed by atoms with Crippen LogP contribution in [0.3, 0.4) is 0 Å². The van der Waals surface area contributed by atoms with Gasteiger partial charge in [0.1, 0.15) is 5.69 Å². The molecule has 2 aromatic rings. The summed E-state index contributed by atoms with van der Waals surface area (Å²) in [6, 6.07) is 7.89. The number of piperidine rings is 1. The smallest absolute Gasteiger partial charge is 0.268 e. The molecule has 2 unspecified atom stereocenters. The fraction of sp³-hybridized carbons (Fsp3) is 0.500. The van der Waals surface area contributed by atoms with Gasteiger partial charge in [-0.2, -0.15) is 0 Å². The zero-order chi connectivity index (χ0) is 17.6. The molecule has 0 aromatic carbocycles. The van der Waals surface area contributed by atoms with Gasteiger partial charge < -0.3 is 14.8 Å². The summed E-state index contributed by atoms with van der Waals surface area (Å²) in [6.07, 6.45) is 8.09. The highest BCUT2D eigenvalue weighted by Gasteiger charge is 2.20. The van der Waals surface area contributed by atoms with Crippen LogP contribution in [0, 0.1) is 5.92 Å². The van der Waals surface area contributed by atoms with E-state index in [1.807, 2.05) is 35.0 Å². The molecule has 0 spiro atoms. The highest BCUT2D eigenvalue weighted by molar-refractivity contribution is 5.93. The Hall–Kier alpha value is -2.14. The predicted molar refractivity (Wildman–Crippen MR) is 99.5 cm³/mol. The molecule has 0 bridgehead atoms. The van der Waals surface area contributed by atoms with Crippen LogP contribution >= 0.6 is 0 Å². The Kier molecular flexibility index (Phi) is 5.87. The molecule has 1 fully saturated rings. The molecule has 2 atom stereocenters. The highest BCUT2D eigenvalue weighted by Crippen LogP contribution is 2.15. The van der Waals surface area contributed by atoms with Crippen molar-refractivity contribution in [3.05, 3.63) is 54.1 Å². The Balaban J connectivity index is 1.57. The Morgan fingerprint density at radius 3 is 2.92 bits per heavy atom. The Bertz CT molecular complexity index is 682. The van der Waals surface area contributed by atoms with Crippen molar-refractivity contribution in [1.29, 1.82) is 0 Å². The van der Waals surface area contributed by atoms with Gasteiger partial charge >= 0.3 is 0 Å². The SMILES string of the molecule is CC1CCCN(CC(C)NC(=O)c2cccn2Cc2ccncc2)C1. The van der Waals surface area contributed by atoms with E-state index in [-0.39, 0.29) is 11.9 Å². The highest BCUT2D eigenvalue weighted by atomic mass is 16.2. The summed E-state index contributed by atoms with van der Waals surface area (Å²) in [5, 5.41) is 3.16. The molecule has 5 nitrogen and oxygen atoms in total. The lowest BCUT2D eigenvalue weighted by Gasteiger charge is -2.32. The maximum atomic E-state index is 12.7. The first-order valence-electron chi connectivity index (χ1n) is 9.19. The number of carbonyl (C=O) groups excluding carboxylic acids is 1. The molecule has 1 aliphatic heterocycles. The van der Waals surface area contributed by atoms with Crippen molar-refractivity contribution in [2.75, 3.05) is 19.6 Å². The monoisotopic (exact) mass is 340 g/mol. The molecule has 0 aliphatic carbocycles. The molecule has 2 aromatic heterocycles. The molecule has 1 saturated heterocycles. The van der Waals surface area contributed by atoms with Gasteiger partial charge in [0.15, 0.2) is 0 Å². The van der Waals surface area contributed by atoms with Crippen LogP contribution in [0.4, 0.5) is 0 Å². The van der Waals surface area contributed by atoms with Crippen molar-refractivity contribution >= 4 is 5.91 Å². The van der Waals surface area contributed by atoms with Crippen LogP contribution in [0.25, 0.3) is 0 Å². The van der Waals surface area contributed by atoms with Crippen molar-refractivity contribution in [3.8, 4) is 0 Å². The average molecular weight is 340 g/mol. The Labute approximate surface area is 150 Å². The summed E-state index contributed by atoms with van der Waals surface area (Å²) in [5.74, 6) is 0.755. The van der Waals surface area contributed by atoms with E-state index in [9.17, 15) is 4.79 Å². The van der Waals surface area contributed by atoms with Gasteiger partial charge in [-0.15, -0.1) is 0 Å². The number of carbonyl (C=O) groups is 1. The van der Waals surface area contributed by atoms with Crippen LogP contribution in [0.1, 0.15) is 42.7 Å². The average Bonchev–Trinajstić information content (AvgIpc) is 3.04. The van der Waals surface area contributed by atoms with E-state index in [2.05, 4.69) is 29.0 Å². The van der Waals surface area contributed by atoms with Gasteiger partial charge in [-0.3, -0.25) is 9.78 Å². The largest absolute Gasteiger partial charge is 0.347 e. The van der Waals surface area contributed by atoms with Crippen LogP contribution < -0.4 is 5.32 Å². The van der Waals surface area contributed by atoms with E-state index in [0.717, 1.165) is 31.1 Å². The lowest BCUT2D eigenvalue weighted by molar-refractivity contribution is 0.0911. The lowest BCUT2D eigenvalue weighted by atomic mass is 10.00. The third-order valence-corrected chi connectivity index (χ3v) is 4.82. The first kappa shape index (κ1) is 17.7. The summed E-state index contributed by atoms with van der Waals surface area (Å²) in [5.41, 5.74) is 1.84. The zero-order valence-corrected chi connectivity index (χ0v) is 15.2. The summed E-state index contributed by atoms with van der Waals surface area (Å²) in [6.45, 7) is 8.27. The van der Waals surface area contributed by atoms with Crippen LogP contribution in [-0.4, -0.2) is 46.0 Å². The second-order valence-electron chi connectivity index (χ2n) is 7.26. The molecule has 1 aliphatic rings. The third-order valence-electron chi connectivity index (χ3n) is 4.82. The van der Waals surface area contributed by atoms with Crippen LogP contribution in [-0.2, 0) is 6.54 Å². The molecule has 3 rings (SSSR count). The van der Waals surface area contributed by atoms with Crippen molar-refractivity contribution < 1.29 is 4.79 Å².